The minimum atomic E-state index is -5.09. The topological polar surface area (TPSA) is 95.6 Å². The number of amides is 1. The van der Waals surface area contributed by atoms with Gasteiger partial charge in [-0.15, -0.1) is 0 Å². The molecule has 37 heavy (non-hydrogen) atoms. The van der Waals surface area contributed by atoms with Crippen molar-refractivity contribution >= 4 is 34.1 Å². The third kappa shape index (κ3) is 4.68. The molecule has 0 aliphatic heterocycles. The zero-order valence-electron chi connectivity index (χ0n) is 18.6. The molecule has 3 N–H and O–H groups in total. The molecule has 1 amide bonds. The van der Waals surface area contributed by atoms with E-state index in [-0.39, 0.29) is 11.8 Å². The van der Waals surface area contributed by atoms with Crippen LogP contribution in [0.3, 0.4) is 0 Å². The van der Waals surface area contributed by atoms with Crippen LogP contribution in [0.15, 0.2) is 73.3 Å². The third-order valence-electron chi connectivity index (χ3n) is 5.42. The highest BCUT2D eigenvalue weighted by Crippen LogP contribution is 2.34. The SMILES string of the molecule is O=C(Nc1cccc(Nc2ncccc2-c2ncnc3[nH]ccc23)c1)c1c(F)ccc(C(F)(F)F)c1F. The summed E-state index contributed by atoms with van der Waals surface area (Å²) in [6.07, 6.45) is -0.388. The first-order chi connectivity index (χ1) is 17.7. The van der Waals surface area contributed by atoms with Gasteiger partial charge in [0.15, 0.2) is 5.82 Å². The Morgan fingerprint density at radius 3 is 2.54 bits per heavy atom. The van der Waals surface area contributed by atoms with E-state index in [2.05, 4.69) is 30.6 Å². The quantitative estimate of drug-likeness (QED) is 0.241. The lowest BCUT2D eigenvalue weighted by atomic mass is 10.1. The highest BCUT2D eigenvalue weighted by atomic mass is 19.4. The number of benzene rings is 2. The maximum atomic E-state index is 14.4. The maximum absolute atomic E-state index is 14.4. The molecule has 0 bridgehead atoms. The number of fused-ring (bicyclic) bond motifs is 1. The van der Waals surface area contributed by atoms with Crippen molar-refractivity contribution in [3.63, 3.8) is 0 Å². The molecule has 0 aliphatic carbocycles. The second-order valence-corrected chi connectivity index (χ2v) is 7.80. The first-order valence-corrected chi connectivity index (χ1v) is 10.7. The van der Waals surface area contributed by atoms with E-state index < -0.39 is 34.8 Å². The molecule has 186 valence electrons. The van der Waals surface area contributed by atoms with E-state index in [1.807, 2.05) is 6.07 Å². The van der Waals surface area contributed by atoms with E-state index in [4.69, 9.17) is 0 Å². The zero-order valence-corrected chi connectivity index (χ0v) is 18.6. The van der Waals surface area contributed by atoms with Crippen LogP contribution < -0.4 is 10.6 Å². The van der Waals surface area contributed by atoms with E-state index in [9.17, 15) is 26.7 Å². The smallest absolute Gasteiger partial charge is 0.346 e. The van der Waals surface area contributed by atoms with Crippen molar-refractivity contribution in [2.45, 2.75) is 6.18 Å². The van der Waals surface area contributed by atoms with Crippen LogP contribution in [0.2, 0.25) is 0 Å². The molecule has 0 aliphatic rings. The van der Waals surface area contributed by atoms with Crippen molar-refractivity contribution in [2.24, 2.45) is 0 Å². The van der Waals surface area contributed by atoms with Crippen molar-refractivity contribution in [2.75, 3.05) is 10.6 Å². The largest absolute Gasteiger partial charge is 0.419 e. The molecule has 0 unspecified atom stereocenters. The molecule has 0 radical (unpaired) electrons. The normalized spacial score (nSPS) is 11.5. The minimum absolute atomic E-state index is 0.0822. The summed E-state index contributed by atoms with van der Waals surface area (Å²) in [5, 5.41) is 6.11. The Balaban J connectivity index is 1.43. The number of nitrogens with one attached hydrogen (secondary N) is 3. The molecular weight excluding hydrogens is 495 g/mol. The fraction of sp³-hybridized carbons (Fsp3) is 0.0400. The summed E-state index contributed by atoms with van der Waals surface area (Å²) in [4.78, 5) is 28.4. The highest BCUT2D eigenvalue weighted by molar-refractivity contribution is 6.05. The lowest BCUT2D eigenvalue weighted by Crippen LogP contribution is -2.19. The summed E-state index contributed by atoms with van der Waals surface area (Å²) in [6, 6.07) is 12.0. The number of aromatic amines is 1. The Morgan fingerprint density at radius 1 is 0.919 bits per heavy atom. The number of carbonyl (C=O) groups excluding carboxylic acids is 1. The Morgan fingerprint density at radius 2 is 1.73 bits per heavy atom. The van der Waals surface area contributed by atoms with Gasteiger partial charge in [0.1, 0.15) is 29.2 Å². The molecule has 12 heteroatoms. The van der Waals surface area contributed by atoms with Crippen LogP contribution in [0.1, 0.15) is 15.9 Å². The first kappa shape index (κ1) is 23.9. The molecule has 0 fully saturated rings. The van der Waals surface area contributed by atoms with Crippen molar-refractivity contribution in [1.82, 2.24) is 19.9 Å². The summed E-state index contributed by atoms with van der Waals surface area (Å²) in [5.74, 6) is -4.36. The minimum Gasteiger partial charge on any atom is -0.346 e. The lowest BCUT2D eigenvalue weighted by molar-refractivity contribution is -0.140. The number of carbonyl (C=O) groups is 1. The molecule has 7 nitrogen and oxygen atoms in total. The first-order valence-electron chi connectivity index (χ1n) is 10.7. The molecule has 5 aromatic rings. The second-order valence-electron chi connectivity index (χ2n) is 7.80. The third-order valence-corrected chi connectivity index (χ3v) is 5.42. The van der Waals surface area contributed by atoms with Crippen LogP contribution in [0.25, 0.3) is 22.3 Å². The molecule has 2 aromatic carbocycles. The Labute approximate surface area is 205 Å². The number of nitrogens with zero attached hydrogens (tertiary/aromatic N) is 3. The number of halogens is 5. The van der Waals surface area contributed by atoms with Crippen LogP contribution in [0, 0.1) is 11.6 Å². The zero-order chi connectivity index (χ0) is 26.2. The van der Waals surface area contributed by atoms with Gasteiger partial charge >= 0.3 is 6.18 Å². The number of aromatic nitrogens is 4. The van der Waals surface area contributed by atoms with Gasteiger partial charge in [-0.3, -0.25) is 4.79 Å². The van der Waals surface area contributed by atoms with E-state index >= 15 is 0 Å². The van der Waals surface area contributed by atoms with Gasteiger partial charge < -0.3 is 15.6 Å². The monoisotopic (exact) mass is 510 g/mol. The van der Waals surface area contributed by atoms with Crippen LogP contribution >= 0.6 is 0 Å². The van der Waals surface area contributed by atoms with E-state index in [0.29, 0.717) is 34.5 Å². The van der Waals surface area contributed by atoms with Gasteiger partial charge in [-0.1, -0.05) is 6.07 Å². The van der Waals surface area contributed by atoms with Gasteiger partial charge in [0.25, 0.3) is 5.91 Å². The number of hydrogen-bond acceptors (Lipinski definition) is 5. The molecule has 0 saturated heterocycles. The number of H-pyrrole nitrogens is 1. The van der Waals surface area contributed by atoms with Crippen molar-refractivity contribution in [1.29, 1.82) is 0 Å². The fourth-order valence-electron chi connectivity index (χ4n) is 3.77. The van der Waals surface area contributed by atoms with Gasteiger partial charge in [-0.25, -0.2) is 23.7 Å². The molecule has 0 saturated carbocycles. The predicted molar refractivity (Wildman–Crippen MR) is 126 cm³/mol. The maximum Gasteiger partial charge on any atom is 0.419 e. The van der Waals surface area contributed by atoms with Crippen LogP contribution in [-0.2, 0) is 6.18 Å². The van der Waals surface area contributed by atoms with Crippen molar-refractivity contribution in [3.8, 4) is 11.3 Å². The van der Waals surface area contributed by atoms with Gasteiger partial charge in [0, 0.05) is 34.7 Å². The summed E-state index contributed by atoms with van der Waals surface area (Å²) < 4.78 is 67.6. The highest BCUT2D eigenvalue weighted by Gasteiger charge is 2.37. The van der Waals surface area contributed by atoms with Crippen LogP contribution in [0.4, 0.5) is 39.1 Å². The average molecular weight is 510 g/mol. The number of rotatable bonds is 5. The predicted octanol–water partition coefficient (Wildman–Crippen LogP) is 6.31. The number of pyridine rings is 1. The fourth-order valence-corrected chi connectivity index (χ4v) is 3.77. The van der Waals surface area contributed by atoms with Gasteiger partial charge in [-0.2, -0.15) is 13.2 Å². The Kier molecular flexibility index (Phi) is 5.99. The van der Waals surface area contributed by atoms with Crippen LogP contribution in [0.5, 0.6) is 0 Å². The van der Waals surface area contributed by atoms with Gasteiger partial charge in [-0.05, 0) is 48.5 Å². The molecule has 3 aromatic heterocycles. The van der Waals surface area contributed by atoms with Gasteiger partial charge in [0.05, 0.1) is 11.3 Å². The molecule has 0 spiro atoms. The van der Waals surface area contributed by atoms with Gasteiger partial charge in [0.2, 0.25) is 0 Å². The van der Waals surface area contributed by atoms with Crippen molar-refractivity contribution in [3.05, 3.63) is 96.1 Å². The Hall–Kier alpha value is -4.87. The summed E-state index contributed by atoms with van der Waals surface area (Å²) in [6.45, 7) is 0. The Bertz CT molecular complexity index is 1630. The van der Waals surface area contributed by atoms with E-state index in [1.54, 1.807) is 30.6 Å². The standard InChI is InChI=1S/C25H15F5N6O/c26-18-7-6-17(25(28,29)30)20(27)19(18)24(37)36-14-4-1-3-13(11-14)35-23-15(5-2-9-31-23)21-16-8-10-32-22(16)34-12-33-21/h1-12H,(H,31,35)(H,36,37)(H,32,33,34). The molecule has 5 rings (SSSR count). The molecular formula is C25H15F5N6O. The second kappa shape index (κ2) is 9.30. The van der Waals surface area contributed by atoms with E-state index in [1.165, 1.54) is 24.5 Å². The summed E-state index contributed by atoms with van der Waals surface area (Å²) >= 11 is 0. The number of anilines is 3. The summed E-state index contributed by atoms with van der Waals surface area (Å²) in [5.41, 5.74) is -0.656. The summed E-state index contributed by atoms with van der Waals surface area (Å²) in [7, 11) is 0. The number of alkyl halides is 3. The lowest BCUT2D eigenvalue weighted by Gasteiger charge is -2.14. The van der Waals surface area contributed by atoms with Crippen molar-refractivity contribution < 1.29 is 26.7 Å². The van der Waals surface area contributed by atoms with E-state index in [0.717, 1.165) is 5.39 Å². The van der Waals surface area contributed by atoms with Crippen LogP contribution in [-0.4, -0.2) is 25.8 Å². The number of hydrogen-bond donors (Lipinski definition) is 3. The average Bonchev–Trinajstić information content (AvgIpc) is 3.33. The molecule has 0 atom stereocenters. The molecule has 3 heterocycles.